The summed E-state index contributed by atoms with van der Waals surface area (Å²) in [4.78, 5) is 82.0. The van der Waals surface area contributed by atoms with Gasteiger partial charge >= 0.3 is 5.97 Å². The van der Waals surface area contributed by atoms with Gasteiger partial charge in [0.15, 0.2) is 23.1 Å². The molecule has 2 aliphatic carbocycles. The Morgan fingerprint density at radius 2 is 1.39 bits per heavy atom. The highest BCUT2D eigenvalue weighted by molar-refractivity contribution is 6.32. The second kappa shape index (κ2) is 10.0. The van der Waals surface area contributed by atoms with Gasteiger partial charge in [0.1, 0.15) is 12.6 Å². The van der Waals surface area contributed by atoms with Crippen molar-refractivity contribution in [3.05, 3.63) is 45.0 Å². The maximum absolute atomic E-state index is 13.8. The van der Waals surface area contributed by atoms with E-state index in [9.17, 15) is 34.0 Å². The van der Waals surface area contributed by atoms with Crippen LogP contribution < -0.4 is 0 Å². The number of Topliss-reactive ketones (excluding diaryl/α,β-unsaturated/α-hetero) is 5. The number of piperazine rings is 1. The minimum absolute atomic E-state index is 0.0193. The van der Waals surface area contributed by atoms with Gasteiger partial charge in [0.2, 0.25) is 17.3 Å². The van der Waals surface area contributed by atoms with Gasteiger partial charge < -0.3 is 14.2 Å². The average molecular weight is 564 g/mol. The van der Waals surface area contributed by atoms with E-state index in [0.717, 1.165) is 6.92 Å². The number of carbonyl (C=O) groups excluding carboxylic acids is 6. The number of hydrogen-bond donors (Lipinski definition) is 0. The second-order valence-electron chi connectivity index (χ2n) is 10.8. The van der Waals surface area contributed by atoms with Crippen LogP contribution in [0.15, 0.2) is 45.0 Å². The molecule has 0 spiro atoms. The fourth-order valence-corrected chi connectivity index (χ4v) is 7.03. The first kappa shape index (κ1) is 28.3. The number of esters is 1. The zero-order valence-corrected chi connectivity index (χ0v) is 23.5. The Hall–Kier alpha value is -4.21. The molecule has 1 fully saturated rings. The smallest absolute Gasteiger partial charge is 0.374 e. The quantitative estimate of drug-likeness (QED) is 0.256. The fourth-order valence-electron chi connectivity index (χ4n) is 7.03. The van der Waals surface area contributed by atoms with Crippen LogP contribution in [-0.2, 0) is 43.0 Å². The molecule has 214 valence electrons. The van der Waals surface area contributed by atoms with E-state index in [1.165, 1.54) is 28.1 Å². The molecular formula is C29H29N3O9. The van der Waals surface area contributed by atoms with E-state index < -0.39 is 65.9 Å². The highest BCUT2D eigenvalue weighted by Gasteiger charge is 2.60. The number of likely N-dealkylation sites (N-methyl/N-ethyl adjacent to an activating group) is 1. The van der Waals surface area contributed by atoms with Crippen LogP contribution in [0, 0.1) is 11.3 Å². The van der Waals surface area contributed by atoms with Gasteiger partial charge in [-0.2, -0.15) is 5.26 Å². The third-order valence-electron chi connectivity index (χ3n) is 8.87. The van der Waals surface area contributed by atoms with Crippen molar-refractivity contribution >= 4 is 34.9 Å². The van der Waals surface area contributed by atoms with Crippen LogP contribution in [0.5, 0.6) is 0 Å². The fraction of sp³-hybridized carbons (Fsp3) is 0.483. The lowest BCUT2D eigenvalue weighted by atomic mass is 9.67. The minimum atomic E-state index is -1.13. The minimum Gasteiger partial charge on any atom is -0.492 e. The number of ketones is 5. The Kier molecular flexibility index (Phi) is 6.91. The molecule has 3 heterocycles. The summed E-state index contributed by atoms with van der Waals surface area (Å²) in [5, 5.41) is 10.5. The molecule has 0 saturated carbocycles. The first-order valence-electron chi connectivity index (χ1n) is 13.1. The Morgan fingerprint density at radius 3 is 1.90 bits per heavy atom. The van der Waals surface area contributed by atoms with E-state index in [1.807, 2.05) is 4.90 Å². The molecule has 0 aromatic heterocycles. The Balaban J connectivity index is 1.71. The van der Waals surface area contributed by atoms with Crippen LogP contribution in [0.3, 0.4) is 0 Å². The topological polar surface area (TPSA) is 160 Å². The van der Waals surface area contributed by atoms with Gasteiger partial charge in [0.05, 0.1) is 32.4 Å². The van der Waals surface area contributed by atoms with Crippen molar-refractivity contribution in [2.45, 2.75) is 63.8 Å². The van der Waals surface area contributed by atoms with Crippen molar-refractivity contribution < 1.29 is 43.0 Å². The first-order valence-corrected chi connectivity index (χ1v) is 13.1. The molecule has 41 heavy (non-hydrogen) atoms. The third-order valence-corrected chi connectivity index (χ3v) is 8.87. The van der Waals surface area contributed by atoms with Gasteiger partial charge in [0.25, 0.3) is 0 Å². The molecule has 0 N–H and O–H groups in total. The molecule has 3 aliphatic heterocycles. The zero-order chi connectivity index (χ0) is 30.1. The lowest BCUT2D eigenvalue weighted by molar-refractivity contribution is -0.155. The summed E-state index contributed by atoms with van der Waals surface area (Å²) in [7, 11) is 4.34. The van der Waals surface area contributed by atoms with E-state index >= 15 is 0 Å². The molecule has 5 aliphatic rings. The van der Waals surface area contributed by atoms with Crippen LogP contribution in [0.25, 0.3) is 0 Å². The molecule has 0 aromatic carbocycles. The summed E-state index contributed by atoms with van der Waals surface area (Å²) < 4.78 is 15.9. The highest BCUT2D eigenvalue weighted by atomic mass is 16.5. The highest BCUT2D eigenvalue weighted by Crippen LogP contribution is 2.49. The summed E-state index contributed by atoms with van der Waals surface area (Å²) in [5.41, 5.74) is 1.02. The number of carbonyl (C=O) groups is 6. The summed E-state index contributed by atoms with van der Waals surface area (Å²) in [5.74, 6) is -4.00. The lowest BCUT2D eigenvalue weighted by Crippen LogP contribution is -2.74. The van der Waals surface area contributed by atoms with Crippen molar-refractivity contribution in [1.82, 2.24) is 9.80 Å². The predicted octanol–water partition coefficient (Wildman–Crippen LogP) is 0.278. The van der Waals surface area contributed by atoms with Crippen LogP contribution in [0.4, 0.5) is 0 Å². The monoisotopic (exact) mass is 563 g/mol. The van der Waals surface area contributed by atoms with Crippen LogP contribution >= 0.6 is 0 Å². The summed E-state index contributed by atoms with van der Waals surface area (Å²) in [6, 6.07) is -1.80. The standard InChI is InChI=1S/C29H29N3O9/c1-11-23(34)14-8-17-22-21-15(24(35)12(2)28(40-6)26(21)37)7-16(31(22)4)18(9-30)32(17)19(10-41-29(38)13(3)33)20(14)25(36)27(11)39-5/h16-19,22H,7-8,10H2,1-6H3/t16-,17-,18-,19-,22-/m0/s1. The molecule has 2 bridgehead atoms. The average Bonchev–Trinajstić information content (AvgIpc) is 2.93. The number of rotatable bonds is 5. The molecule has 0 aromatic rings. The Bertz CT molecular complexity index is 1520. The molecule has 12 heteroatoms. The molecule has 0 unspecified atom stereocenters. The number of nitrogens with zero attached hydrogens (tertiary/aromatic N) is 3. The maximum atomic E-state index is 13.8. The largest absolute Gasteiger partial charge is 0.492 e. The summed E-state index contributed by atoms with van der Waals surface area (Å²) in [6.45, 7) is 3.55. The normalized spacial score (nSPS) is 30.1. The molecule has 1 saturated heterocycles. The predicted molar refractivity (Wildman–Crippen MR) is 139 cm³/mol. The number of hydrogen-bond acceptors (Lipinski definition) is 12. The molecule has 0 radical (unpaired) electrons. The summed E-state index contributed by atoms with van der Waals surface area (Å²) >= 11 is 0. The van der Waals surface area contributed by atoms with E-state index in [-0.39, 0.29) is 58.0 Å². The number of allylic oxidation sites excluding steroid dienone is 4. The number of ether oxygens (including phenoxy) is 3. The van der Waals surface area contributed by atoms with Crippen molar-refractivity contribution in [2.75, 3.05) is 27.9 Å². The van der Waals surface area contributed by atoms with Crippen molar-refractivity contribution in [2.24, 2.45) is 0 Å². The zero-order valence-electron chi connectivity index (χ0n) is 23.5. The molecular weight excluding hydrogens is 534 g/mol. The Morgan fingerprint density at radius 1 is 0.878 bits per heavy atom. The van der Waals surface area contributed by atoms with E-state index in [4.69, 9.17) is 14.2 Å². The van der Waals surface area contributed by atoms with E-state index in [0.29, 0.717) is 5.57 Å². The molecule has 5 atom stereocenters. The maximum Gasteiger partial charge on any atom is 0.374 e. The number of nitriles is 1. The SMILES string of the molecule is COC1=C(C)C(=O)C2=C(C1=O)[C@@H]1[C@@H]3CC4=C(C(=O)C(OC)=C(C)C4=O)[C@H](COC(=O)C(C)=O)N3[C@@H](C#N)[C@H](C2)N1C. The van der Waals surface area contributed by atoms with Gasteiger partial charge in [0, 0.05) is 52.4 Å². The third kappa shape index (κ3) is 3.87. The van der Waals surface area contributed by atoms with Gasteiger partial charge in [-0.05, 0) is 33.7 Å². The Labute approximate surface area is 235 Å². The van der Waals surface area contributed by atoms with Crippen LogP contribution in [0.1, 0.15) is 33.6 Å². The number of fused-ring (bicyclic) bond motifs is 5. The number of methoxy groups -OCH3 is 2. The van der Waals surface area contributed by atoms with Crippen molar-refractivity contribution in [3.8, 4) is 6.07 Å². The van der Waals surface area contributed by atoms with Crippen molar-refractivity contribution in [1.29, 1.82) is 5.26 Å². The van der Waals surface area contributed by atoms with E-state index in [1.54, 1.807) is 11.9 Å². The van der Waals surface area contributed by atoms with Gasteiger partial charge in [-0.25, -0.2) is 4.79 Å². The van der Waals surface area contributed by atoms with Gasteiger partial charge in [-0.15, -0.1) is 0 Å². The first-order chi connectivity index (χ1) is 19.4. The van der Waals surface area contributed by atoms with E-state index in [2.05, 4.69) is 6.07 Å². The summed E-state index contributed by atoms with van der Waals surface area (Å²) in [6.07, 6.45) is 0.0678. The van der Waals surface area contributed by atoms with Crippen LogP contribution in [-0.4, -0.2) is 103 Å². The second-order valence-corrected chi connectivity index (χ2v) is 10.8. The molecule has 5 rings (SSSR count). The lowest BCUT2D eigenvalue weighted by Gasteiger charge is -2.60. The van der Waals surface area contributed by atoms with Gasteiger partial charge in [-0.3, -0.25) is 33.8 Å². The molecule has 0 amide bonds. The van der Waals surface area contributed by atoms with Crippen molar-refractivity contribution in [3.63, 3.8) is 0 Å². The van der Waals surface area contributed by atoms with Crippen LogP contribution in [0.2, 0.25) is 0 Å². The molecule has 12 nitrogen and oxygen atoms in total. The van der Waals surface area contributed by atoms with Gasteiger partial charge in [-0.1, -0.05) is 0 Å².